The molecule has 1 amide bonds. The second-order valence-electron chi connectivity index (χ2n) is 7.85. The Morgan fingerprint density at radius 2 is 1.96 bits per heavy atom. The molecule has 0 radical (unpaired) electrons. The predicted molar refractivity (Wildman–Crippen MR) is 108 cm³/mol. The maximum atomic E-state index is 11.8. The van der Waals surface area contributed by atoms with Gasteiger partial charge in [-0.05, 0) is 55.2 Å². The molecule has 0 spiro atoms. The summed E-state index contributed by atoms with van der Waals surface area (Å²) in [7, 11) is 0. The van der Waals surface area contributed by atoms with Crippen LogP contribution >= 0.6 is 0 Å². The van der Waals surface area contributed by atoms with E-state index in [0.29, 0.717) is 23.3 Å². The molecule has 2 aromatic heterocycles. The van der Waals surface area contributed by atoms with Crippen molar-refractivity contribution >= 4 is 11.7 Å². The fourth-order valence-electron chi connectivity index (χ4n) is 4.33. The summed E-state index contributed by atoms with van der Waals surface area (Å²) in [5.41, 5.74) is 8.68. The molecule has 0 saturated heterocycles. The van der Waals surface area contributed by atoms with E-state index in [1.54, 1.807) is 6.20 Å². The molecular weight excluding hydrogens is 354 g/mol. The second-order valence-corrected chi connectivity index (χ2v) is 7.85. The maximum absolute atomic E-state index is 11.8. The lowest BCUT2D eigenvalue weighted by atomic mass is 9.83. The number of aromatic nitrogens is 3. The number of primary amides is 1. The number of nitrogens with zero attached hydrogens (tertiary/aromatic N) is 3. The Morgan fingerprint density at radius 1 is 1.14 bits per heavy atom. The first-order valence-electron chi connectivity index (χ1n) is 10.0. The molecular formula is C21H29N5O2. The Kier molecular flexibility index (Phi) is 6.57. The Labute approximate surface area is 165 Å². The number of fused-ring (bicyclic) bond motifs is 1. The molecule has 1 saturated carbocycles. The van der Waals surface area contributed by atoms with Crippen molar-refractivity contribution in [3.63, 3.8) is 0 Å². The number of nitrogens with one attached hydrogen (secondary N) is 1. The predicted octanol–water partition coefficient (Wildman–Crippen LogP) is 2.24. The van der Waals surface area contributed by atoms with Crippen LogP contribution in [0.5, 0.6) is 0 Å². The van der Waals surface area contributed by atoms with E-state index in [-0.39, 0.29) is 5.48 Å². The number of hydrogen-bond acceptors (Lipinski definition) is 5. The molecule has 7 nitrogen and oxygen atoms in total. The van der Waals surface area contributed by atoms with Gasteiger partial charge < -0.3 is 16.5 Å². The van der Waals surface area contributed by atoms with Gasteiger partial charge in [-0.25, -0.2) is 9.97 Å². The molecule has 2 heterocycles. The molecule has 2 aliphatic rings. The highest BCUT2D eigenvalue weighted by molar-refractivity contribution is 5.97. The Morgan fingerprint density at radius 3 is 2.75 bits per heavy atom. The minimum atomic E-state index is -0.473. The second kappa shape index (κ2) is 9.10. The SMILES string of the molecule is NC(=O)c1cnc(C[C@H]2CCc3cnccc3C2)nc1NC1CCCCC1.O. The van der Waals surface area contributed by atoms with Crippen LogP contribution in [0, 0.1) is 5.92 Å². The standard InChI is InChI=1S/C21H27N5O.H2O/c22-20(27)18-13-24-19(26-21(18)25-17-4-2-1-3-5-17)11-14-6-7-16-12-23-9-8-15(16)10-14;/h8-9,12-14,17H,1-7,10-11H2,(H2,22,27)(H,24,25,26);1H2/t14-;/m0./s1. The van der Waals surface area contributed by atoms with Crippen molar-refractivity contribution in [2.75, 3.05) is 5.32 Å². The molecule has 5 N–H and O–H groups in total. The van der Waals surface area contributed by atoms with Crippen molar-refractivity contribution in [2.45, 2.75) is 63.8 Å². The van der Waals surface area contributed by atoms with Gasteiger partial charge in [-0.15, -0.1) is 0 Å². The number of carbonyl (C=O) groups is 1. The average molecular weight is 383 g/mol. The first-order valence-corrected chi connectivity index (χ1v) is 10.0. The van der Waals surface area contributed by atoms with Crippen molar-refractivity contribution in [2.24, 2.45) is 11.7 Å². The molecule has 0 aliphatic heterocycles. The number of anilines is 1. The normalized spacial score (nSPS) is 19.4. The summed E-state index contributed by atoms with van der Waals surface area (Å²) in [6.45, 7) is 0. The minimum Gasteiger partial charge on any atom is -0.412 e. The van der Waals surface area contributed by atoms with Gasteiger partial charge in [0, 0.05) is 31.1 Å². The van der Waals surface area contributed by atoms with Gasteiger partial charge in [0.05, 0.1) is 5.56 Å². The maximum Gasteiger partial charge on any atom is 0.254 e. The highest BCUT2D eigenvalue weighted by Crippen LogP contribution is 2.27. The highest BCUT2D eigenvalue weighted by atomic mass is 16.1. The topological polar surface area (TPSA) is 125 Å². The van der Waals surface area contributed by atoms with E-state index in [1.807, 2.05) is 12.4 Å². The summed E-state index contributed by atoms with van der Waals surface area (Å²) in [6, 6.07) is 2.49. The van der Waals surface area contributed by atoms with E-state index >= 15 is 0 Å². The largest absolute Gasteiger partial charge is 0.412 e. The van der Waals surface area contributed by atoms with Crippen LogP contribution in [0.3, 0.4) is 0 Å². The lowest BCUT2D eigenvalue weighted by Crippen LogP contribution is -2.26. The van der Waals surface area contributed by atoms with Gasteiger partial charge in [-0.2, -0.15) is 0 Å². The van der Waals surface area contributed by atoms with E-state index in [1.165, 1.54) is 30.4 Å². The third kappa shape index (κ3) is 4.65. The zero-order valence-corrected chi connectivity index (χ0v) is 16.2. The summed E-state index contributed by atoms with van der Waals surface area (Å²) < 4.78 is 0. The van der Waals surface area contributed by atoms with Crippen LogP contribution in [0.2, 0.25) is 0 Å². The van der Waals surface area contributed by atoms with Gasteiger partial charge in [-0.1, -0.05) is 19.3 Å². The van der Waals surface area contributed by atoms with E-state index in [2.05, 4.69) is 21.4 Å². The zero-order chi connectivity index (χ0) is 18.6. The molecule has 7 heteroatoms. The number of nitrogens with two attached hydrogens (primary N) is 1. The Bertz CT molecular complexity index is 820. The summed E-state index contributed by atoms with van der Waals surface area (Å²) in [5, 5.41) is 3.46. The van der Waals surface area contributed by atoms with Gasteiger partial charge >= 0.3 is 0 Å². The number of pyridine rings is 1. The summed E-state index contributed by atoms with van der Waals surface area (Å²) in [5.74, 6) is 1.45. The van der Waals surface area contributed by atoms with E-state index in [4.69, 9.17) is 10.7 Å². The van der Waals surface area contributed by atoms with Crippen molar-refractivity contribution < 1.29 is 10.3 Å². The van der Waals surface area contributed by atoms with Crippen LogP contribution in [0.25, 0.3) is 0 Å². The molecule has 150 valence electrons. The van der Waals surface area contributed by atoms with E-state index in [9.17, 15) is 4.79 Å². The third-order valence-corrected chi connectivity index (χ3v) is 5.86. The molecule has 2 aliphatic carbocycles. The molecule has 4 rings (SSSR count). The van der Waals surface area contributed by atoms with Crippen LogP contribution in [-0.4, -0.2) is 32.4 Å². The van der Waals surface area contributed by atoms with Gasteiger partial charge in [0.15, 0.2) is 0 Å². The zero-order valence-electron chi connectivity index (χ0n) is 16.2. The minimum absolute atomic E-state index is 0. The van der Waals surface area contributed by atoms with Crippen LogP contribution in [0.4, 0.5) is 5.82 Å². The third-order valence-electron chi connectivity index (χ3n) is 5.86. The summed E-state index contributed by atoms with van der Waals surface area (Å²) in [4.78, 5) is 25.2. The van der Waals surface area contributed by atoms with E-state index in [0.717, 1.165) is 44.3 Å². The molecule has 0 bridgehead atoms. The van der Waals surface area contributed by atoms with Crippen LogP contribution in [-0.2, 0) is 19.3 Å². The molecule has 0 aromatic carbocycles. The fourth-order valence-corrected chi connectivity index (χ4v) is 4.33. The number of amides is 1. The Hall–Kier alpha value is -2.54. The molecule has 1 fully saturated rings. The quantitative estimate of drug-likeness (QED) is 0.819. The molecule has 1 atom stereocenters. The van der Waals surface area contributed by atoms with Crippen molar-refractivity contribution in [1.29, 1.82) is 0 Å². The number of carbonyl (C=O) groups excluding carboxylic acids is 1. The van der Waals surface area contributed by atoms with Crippen LogP contribution in [0.1, 0.15) is 65.8 Å². The monoisotopic (exact) mass is 383 g/mol. The van der Waals surface area contributed by atoms with E-state index < -0.39 is 5.91 Å². The number of hydrogen-bond donors (Lipinski definition) is 2. The average Bonchev–Trinajstić information content (AvgIpc) is 2.69. The van der Waals surface area contributed by atoms with Crippen molar-refractivity contribution in [3.05, 3.63) is 47.2 Å². The number of rotatable bonds is 5. The smallest absolute Gasteiger partial charge is 0.254 e. The summed E-state index contributed by atoms with van der Waals surface area (Å²) in [6.07, 6.45) is 15.4. The van der Waals surface area contributed by atoms with Crippen LogP contribution < -0.4 is 11.1 Å². The highest BCUT2D eigenvalue weighted by Gasteiger charge is 2.22. The molecule has 2 aromatic rings. The summed E-state index contributed by atoms with van der Waals surface area (Å²) >= 11 is 0. The number of aryl methyl sites for hydroxylation is 1. The van der Waals surface area contributed by atoms with Crippen LogP contribution in [0.15, 0.2) is 24.7 Å². The van der Waals surface area contributed by atoms with Crippen molar-refractivity contribution in [1.82, 2.24) is 15.0 Å². The van der Waals surface area contributed by atoms with Gasteiger partial charge in [0.25, 0.3) is 5.91 Å². The fraction of sp³-hybridized carbons (Fsp3) is 0.524. The van der Waals surface area contributed by atoms with Gasteiger partial charge in [0.1, 0.15) is 11.6 Å². The van der Waals surface area contributed by atoms with Gasteiger partial charge in [-0.3, -0.25) is 9.78 Å². The molecule has 28 heavy (non-hydrogen) atoms. The van der Waals surface area contributed by atoms with Gasteiger partial charge in [0.2, 0.25) is 0 Å². The lowest BCUT2D eigenvalue weighted by Gasteiger charge is -2.25. The van der Waals surface area contributed by atoms with Crippen molar-refractivity contribution in [3.8, 4) is 0 Å². The molecule has 0 unspecified atom stereocenters. The first kappa shape index (κ1) is 20.2. The first-order chi connectivity index (χ1) is 13.2. The lowest BCUT2D eigenvalue weighted by molar-refractivity contribution is 0.100. The Balaban J connectivity index is 0.00000225.